The minimum atomic E-state index is -4.05. The molecule has 0 atom stereocenters. The van der Waals surface area contributed by atoms with E-state index in [1.54, 1.807) is 12.3 Å². The van der Waals surface area contributed by atoms with Crippen LogP contribution in [0.3, 0.4) is 0 Å². The van der Waals surface area contributed by atoms with Crippen molar-refractivity contribution < 1.29 is 22.0 Å². The fraction of sp³-hybridized carbons (Fsp3) is 0.318. The zero-order chi connectivity index (χ0) is 23.4. The molecule has 0 aliphatic heterocycles. The number of hydrogen-bond acceptors (Lipinski definition) is 5. The number of nitriles is 1. The van der Waals surface area contributed by atoms with Crippen molar-refractivity contribution in [1.29, 1.82) is 5.26 Å². The summed E-state index contributed by atoms with van der Waals surface area (Å²) < 4.78 is 56.9. The molecule has 2 aromatic heterocycles. The number of halogens is 2. The summed E-state index contributed by atoms with van der Waals surface area (Å²) in [5, 5.41) is 9.65. The van der Waals surface area contributed by atoms with Crippen molar-refractivity contribution in [3.05, 3.63) is 42.1 Å². The number of nitrogens with one attached hydrogen (secondary N) is 2. The fourth-order valence-corrected chi connectivity index (χ4v) is 5.54. The van der Waals surface area contributed by atoms with Crippen LogP contribution < -0.4 is 9.62 Å². The zero-order valence-electron chi connectivity index (χ0n) is 17.3. The number of amides is 1. The van der Waals surface area contributed by atoms with Crippen LogP contribution >= 0.6 is 0 Å². The van der Waals surface area contributed by atoms with Crippen LogP contribution in [0.4, 0.5) is 20.3 Å². The van der Waals surface area contributed by atoms with Crippen molar-refractivity contribution in [2.24, 2.45) is 5.41 Å². The molecule has 5 rings (SSSR count). The number of sulfonamides is 1. The Hall–Kier alpha value is -3.52. The van der Waals surface area contributed by atoms with Crippen molar-refractivity contribution >= 4 is 39.0 Å². The third-order valence-electron chi connectivity index (χ3n) is 6.00. The van der Waals surface area contributed by atoms with Crippen molar-refractivity contribution in [2.75, 3.05) is 15.4 Å². The van der Waals surface area contributed by atoms with E-state index in [1.807, 2.05) is 6.07 Å². The third-order valence-corrected chi connectivity index (χ3v) is 7.47. The Morgan fingerprint density at radius 3 is 2.64 bits per heavy atom. The number of H-pyrrole nitrogens is 1. The second-order valence-electron chi connectivity index (χ2n) is 8.58. The second kappa shape index (κ2) is 7.52. The number of carbonyl (C=O) groups is 1. The number of aromatic amines is 1. The van der Waals surface area contributed by atoms with Gasteiger partial charge in [0.2, 0.25) is 16.4 Å². The number of rotatable bonds is 8. The number of anilines is 2. The highest BCUT2D eigenvalue weighted by Gasteiger charge is 2.47. The number of hydrogen-bond donors (Lipinski definition) is 2. The highest BCUT2D eigenvalue weighted by atomic mass is 32.2. The summed E-state index contributed by atoms with van der Waals surface area (Å²) in [6.45, 7) is 0. The first-order valence-electron chi connectivity index (χ1n) is 10.4. The summed E-state index contributed by atoms with van der Waals surface area (Å²) in [4.78, 5) is 20.4. The molecule has 0 unspecified atom stereocenters. The van der Waals surface area contributed by atoms with Crippen molar-refractivity contribution in [3.8, 4) is 17.2 Å². The Bertz CT molecular complexity index is 1420. The number of benzene rings is 1. The normalized spacial score (nSPS) is 16.9. The van der Waals surface area contributed by atoms with Crippen LogP contribution in [0.15, 0.2) is 30.5 Å². The van der Waals surface area contributed by atoms with Crippen molar-refractivity contribution in [3.63, 3.8) is 0 Å². The molecular formula is C22H19F2N5O3S. The summed E-state index contributed by atoms with van der Waals surface area (Å²) in [6.07, 6.45) is 4.85. The topological polar surface area (TPSA) is 119 Å². The maximum Gasteiger partial charge on any atom is 0.234 e. The minimum absolute atomic E-state index is 0.0248. The Kier molecular flexibility index (Phi) is 4.86. The number of pyridine rings is 1. The monoisotopic (exact) mass is 471 g/mol. The van der Waals surface area contributed by atoms with E-state index < -0.39 is 38.5 Å². The van der Waals surface area contributed by atoms with Gasteiger partial charge in [0.05, 0.1) is 22.9 Å². The molecule has 3 aromatic rings. The molecule has 2 fully saturated rings. The van der Waals surface area contributed by atoms with Crippen LogP contribution in [0.1, 0.15) is 25.7 Å². The zero-order valence-corrected chi connectivity index (χ0v) is 18.1. The van der Waals surface area contributed by atoms with Crippen LogP contribution in [0, 0.1) is 28.4 Å². The van der Waals surface area contributed by atoms with E-state index in [9.17, 15) is 17.6 Å². The summed E-state index contributed by atoms with van der Waals surface area (Å²) >= 11 is 0. The van der Waals surface area contributed by atoms with E-state index in [-0.39, 0.29) is 11.6 Å². The van der Waals surface area contributed by atoms with Gasteiger partial charge in [-0.05, 0) is 49.4 Å². The molecule has 0 saturated heterocycles. The molecule has 8 nitrogen and oxygen atoms in total. The van der Waals surface area contributed by atoms with Crippen LogP contribution in [-0.4, -0.2) is 36.6 Å². The van der Waals surface area contributed by atoms with E-state index in [2.05, 4.69) is 14.7 Å². The van der Waals surface area contributed by atoms with Gasteiger partial charge in [0.25, 0.3) is 0 Å². The maximum atomic E-state index is 15.2. The average Bonchev–Trinajstić information content (AvgIpc) is 3.69. The van der Waals surface area contributed by atoms with Crippen molar-refractivity contribution in [2.45, 2.75) is 31.7 Å². The first kappa shape index (κ1) is 21.3. The predicted octanol–water partition coefficient (Wildman–Crippen LogP) is 3.68. The highest BCUT2D eigenvalue weighted by molar-refractivity contribution is 7.92. The standard InChI is InChI=1S/C22H19F2N5O3S/c23-17-9-19(28-33(31,32)11-22(10-25)4-5-22)18(24)7-16(17)15-8-20(29(12-30)13-1-2-13)27-21-14(15)3-6-26-21/h3,6-9,12-13,28H,1-2,4-5,11H2,(H,26,27). The molecule has 0 bridgehead atoms. The van der Waals surface area contributed by atoms with E-state index in [1.165, 1.54) is 11.0 Å². The number of fused-ring (bicyclic) bond motifs is 1. The van der Waals surface area contributed by atoms with Gasteiger partial charge in [0, 0.05) is 29.3 Å². The smallest absolute Gasteiger partial charge is 0.234 e. The van der Waals surface area contributed by atoms with Gasteiger partial charge in [0.1, 0.15) is 23.1 Å². The van der Waals surface area contributed by atoms with E-state index in [0.717, 1.165) is 25.0 Å². The molecule has 2 aliphatic rings. The Morgan fingerprint density at radius 2 is 2.00 bits per heavy atom. The lowest BCUT2D eigenvalue weighted by molar-refractivity contribution is -0.107. The van der Waals surface area contributed by atoms with Crippen LogP contribution in [0.2, 0.25) is 0 Å². The van der Waals surface area contributed by atoms with Gasteiger partial charge in [-0.15, -0.1) is 0 Å². The molecule has 2 N–H and O–H groups in total. The number of aromatic nitrogens is 2. The number of nitrogens with zero attached hydrogens (tertiary/aromatic N) is 3. The lowest BCUT2D eigenvalue weighted by atomic mass is 10.0. The van der Waals surface area contributed by atoms with E-state index in [0.29, 0.717) is 41.7 Å². The molecule has 2 heterocycles. The minimum Gasteiger partial charge on any atom is -0.346 e. The van der Waals surface area contributed by atoms with Crippen LogP contribution in [0.25, 0.3) is 22.2 Å². The Labute approximate surface area is 188 Å². The molecular weight excluding hydrogens is 452 g/mol. The summed E-state index contributed by atoms with van der Waals surface area (Å²) in [5.41, 5.74) is -0.861. The van der Waals surface area contributed by atoms with Crippen LogP contribution in [-0.2, 0) is 14.8 Å². The fourth-order valence-electron chi connectivity index (χ4n) is 3.90. The molecule has 0 spiro atoms. The molecule has 2 saturated carbocycles. The third kappa shape index (κ3) is 4.02. The average molecular weight is 471 g/mol. The molecule has 33 heavy (non-hydrogen) atoms. The molecule has 0 radical (unpaired) electrons. The van der Waals surface area contributed by atoms with Gasteiger partial charge in [-0.25, -0.2) is 22.2 Å². The molecule has 170 valence electrons. The highest BCUT2D eigenvalue weighted by Crippen LogP contribution is 2.46. The molecule has 1 amide bonds. The lowest BCUT2D eigenvalue weighted by Crippen LogP contribution is -2.24. The first-order valence-corrected chi connectivity index (χ1v) is 12.0. The van der Waals surface area contributed by atoms with Gasteiger partial charge in [0.15, 0.2) is 0 Å². The Morgan fingerprint density at radius 1 is 1.24 bits per heavy atom. The molecule has 1 aromatic carbocycles. The molecule has 2 aliphatic carbocycles. The van der Waals surface area contributed by atoms with Gasteiger partial charge < -0.3 is 4.98 Å². The lowest BCUT2D eigenvalue weighted by Gasteiger charge is -2.18. The first-order chi connectivity index (χ1) is 15.7. The predicted molar refractivity (Wildman–Crippen MR) is 118 cm³/mol. The quantitative estimate of drug-likeness (QED) is 0.486. The second-order valence-corrected chi connectivity index (χ2v) is 10.3. The largest absolute Gasteiger partial charge is 0.346 e. The summed E-state index contributed by atoms with van der Waals surface area (Å²) in [5.74, 6) is -1.97. The van der Waals surface area contributed by atoms with E-state index >= 15 is 4.39 Å². The summed E-state index contributed by atoms with van der Waals surface area (Å²) in [7, 11) is -4.05. The van der Waals surface area contributed by atoms with Crippen LogP contribution in [0.5, 0.6) is 0 Å². The SMILES string of the molecule is N#CC1(CS(=O)(=O)Nc2cc(F)c(-c3cc(N(C=O)C4CC4)nc4[nH]ccc34)cc2F)CC1. The Balaban J connectivity index is 1.53. The van der Waals surface area contributed by atoms with Crippen molar-refractivity contribution in [1.82, 2.24) is 9.97 Å². The molecule has 11 heteroatoms. The maximum absolute atomic E-state index is 15.2. The van der Waals surface area contributed by atoms with Gasteiger partial charge in [-0.3, -0.25) is 14.4 Å². The van der Waals surface area contributed by atoms with E-state index in [4.69, 9.17) is 5.26 Å². The van der Waals surface area contributed by atoms with Gasteiger partial charge >= 0.3 is 0 Å². The summed E-state index contributed by atoms with van der Waals surface area (Å²) in [6, 6.07) is 6.88. The van der Waals surface area contributed by atoms with Gasteiger partial charge in [-0.2, -0.15) is 5.26 Å². The van der Waals surface area contributed by atoms with Gasteiger partial charge in [-0.1, -0.05) is 0 Å². The number of carbonyl (C=O) groups excluding carboxylic acids is 1.